The molecule has 2 unspecified atom stereocenters. The van der Waals surface area contributed by atoms with Crippen LogP contribution >= 0.6 is 0 Å². The third kappa shape index (κ3) is 3.25. The van der Waals surface area contributed by atoms with E-state index in [0.717, 1.165) is 25.6 Å². The molecule has 2 atom stereocenters. The van der Waals surface area contributed by atoms with E-state index < -0.39 is 0 Å². The van der Waals surface area contributed by atoms with Crippen molar-refractivity contribution in [2.75, 3.05) is 26.2 Å². The number of nitrogens with two attached hydrogens (primary N) is 2. The van der Waals surface area contributed by atoms with Gasteiger partial charge in [-0.15, -0.1) is 0 Å². The lowest BCUT2D eigenvalue weighted by molar-refractivity contribution is 0.124. The first-order valence-corrected chi connectivity index (χ1v) is 5.42. The van der Waals surface area contributed by atoms with Crippen LogP contribution < -0.4 is 11.5 Å². The number of rotatable bonds is 4. The standard InChI is InChI=1S/C10H23N3/c1-9-8-10(2-4-11)3-6-13(9)7-5-12/h9-10H,2-8,11-12H2,1H3. The molecule has 0 aromatic carbocycles. The maximum atomic E-state index is 5.56. The normalized spacial score (nSPS) is 30.7. The minimum absolute atomic E-state index is 0.703. The van der Waals surface area contributed by atoms with E-state index in [2.05, 4.69) is 11.8 Å². The first-order valence-electron chi connectivity index (χ1n) is 5.42. The van der Waals surface area contributed by atoms with Gasteiger partial charge in [0.05, 0.1) is 0 Å². The second kappa shape index (κ2) is 5.58. The van der Waals surface area contributed by atoms with Crippen LogP contribution in [0.3, 0.4) is 0 Å². The molecule has 1 aliphatic heterocycles. The first kappa shape index (κ1) is 11.0. The van der Waals surface area contributed by atoms with Crippen molar-refractivity contribution in [2.45, 2.75) is 32.2 Å². The molecule has 1 saturated heterocycles. The van der Waals surface area contributed by atoms with E-state index in [4.69, 9.17) is 11.5 Å². The molecule has 1 fully saturated rings. The minimum Gasteiger partial charge on any atom is -0.330 e. The average Bonchev–Trinajstić information content (AvgIpc) is 2.10. The summed E-state index contributed by atoms with van der Waals surface area (Å²) in [6, 6.07) is 0.703. The third-order valence-corrected chi connectivity index (χ3v) is 3.11. The Balaban J connectivity index is 2.28. The van der Waals surface area contributed by atoms with Crippen molar-refractivity contribution in [1.29, 1.82) is 0 Å². The van der Waals surface area contributed by atoms with Gasteiger partial charge in [0.15, 0.2) is 0 Å². The smallest absolute Gasteiger partial charge is 0.0107 e. The highest BCUT2D eigenvalue weighted by atomic mass is 15.2. The molecule has 0 amide bonds. The Morgan fingerprint density at radius 2 is 2.08 bits per heavy atom. The zero-order valence-corrected chi connectivity index (χ0v) is 8.71. The van der Waals surface area contributed by atoms with Crippen LogP contribution in [0.4, 0.5) is 0 Å². The number of hydrogen-bond donors (Lipinski definition) is 2. The summed E-state index contributed by atoms with van der Waals surface area (Å²) in [7, 11) is 0. The zero-order chi connectivity index (χ0) is 9.68. The number of likely N-dealkylation sites (tertiary alicyclic amines) is 1. The Kier molecular flexibility index (Phi) is 4.70. The lowest BCUT2D eigenvalue weighted by Crippen LogP contribution is -2.43. The highest BCUT2D eigenvalue weighted by molar-refractivity contribution is 4.79. The molecule has 0 spiro atoms. The Labute approximate surface area is 81.5 Å². The van der Waals surface area contributed by atoms with Crippen LogP contribution in [0.5, 0.6) is 0 Å². The maximum absolute atomic E-state index is 5.56. The monoisotopic (exact) mass is 185 g/mol. The zero-order valence-electron chi connectivity index (χ0n) is 8.71. The summed E-state index contributed by atoms with van der Waals surface area (Å²) in [5.41, 5.74) is 11.1. The predicted molar refractivity (Wildman–Crippen MR) is 56.5 cm³/mol. The molecule has 0 aromatic heterocycles. The molecule has 3 nitrogen and oxygen atoms in total. The fourth-order valence-electron chi connectivity index (χ4n) is 2.31. The molecule has 0 bridgehead atoms. The summed E-state index contributed by atoms with van der Waals surface area (Å²) >= 11 is 0. The topological polar surface area (TPSA) is 55.3 Å². The average molecular weight is 185 g/mol. The summed E-state index contributed by atoms with van der Waals surface area (Å²) in [5, 5.41) is 0. The van der Waals surface area contributed by atoms with Crippen LogP contribution in [0.2, 0.25) is 0 Å². The van der Waals surface area contributed by atoms with Crippen LogP contribution in [0.25, 0.3) is 0 Å². The molecule has 3 heteroatoms. The van der Waals surface area contributed by atoms with E-state index in [1.807, 2.05) is 0 Å². The molecule has 0 radical (unpaired) electrons. The SMILES string of the molecule is CC1CC(CCN)CCN1CCN. The van der Waals surface area contributed by atoms with Gasteiger partial charge in [-0.3, -0.25) is 4.90 Å². The van der Waals surface area contributed by atoms with Gasteiger partial charge in [-0.2, -0.15) is 0 Å². The van der Waals surface area contributed by atoms with Gasteiger partial charge in [0, 0.05) is 19.1 Å². The fraction of sp³-hybridized carbons (Fsp3) is 1.00. The Morgan fingerprint density at radius 3 is 2.62 bits per heavy atom. The van der Waals surface area contributed by atoms with Crippen LogP contribution in [0.1, 0.15) is 26.2 Å². The molecular formula is C10H23N3. The molecule has 1 rings (SSSR count). The summed E-state index contributed by atoms with van der Waals surface area (Å²) in [6.07, 6.45) is 3.81. The van der Waals surface area contributed by atoms with Crippen molar-refractivity contribution >= 4 is 0 Å². The van der Waals surface area contributed by atoms with Gasteiger partial charge in [-0.25, -0.2) is 0 Å². The van der Waals surface area contributed by atoms with Gasteiger partial charge in [-0.1, -0.05) is 0 Å². The lowest BCUT2D eigenvalue weighted by Gasteiger charge is -2.37. The summed E-state index contributed by atoms with van der Waals surface area (Å²) in [6.45, 7) is 6.19. The molecule has 4 N–H and O–H groups in total. The predicted octanol–water partition coefficient (Wildman–Crippen LogP) is 0.394. The third-order valence-electron chi connectivity index (χ3n) is 3.11. The summed E-state index contributed by atoms with van der Waals surface area (Å²) in [5.74, 6) is 0.856. The Morgan fingerprint density at radius 1 is 1.31 bits per heavy atom. The van der Waals surface area contributed by atoms with Gasteiger partial charge < -0.3 is 11.5 Å². The van der Waals surface area contributed by atoms with Crippen molar-refractivity contribution in [3.8, 4) is 0 Å². The Bertz CT molecular complexity index is 138. The second-order valence-electron chi connectivity index (χ2n) is 4.14. The molecule has 0 aromatic rings. The van der Waals surface area contributed by atoms with Crippen LogP contribution in [-0.4, -0.2) is 37.1 Å². The summed E-state index contributed by atoms with van der Waals surface area (Å²) in [4.78, 5) is 2.49. The van der Waals surface area contributed by atoms with E-state index in [-0.39, 0.29) is 0 Å². The first-order chi connectivity index (χ1) is 6.27. The number of hydrogen-bond acceptors (Lipinski definition) is 3. The van der Waals surface area contributed by atoms with Crippen molar-refractivity contribution in [3.05, 3.63) is 0 Å². The van der Waals surface area contributed by atoms with Crippen LogP contribution in [0, 0.1) is 5.92 Å². The lowest BCUT2D eigenvalue weighted by atomic mass is 9.89. The molecule has 1 heterocycles. The van der Waals surface area contributed by atoms with Gasteiger partial charge in [0.1, 0.15) is 0 Å². The number of nitrogens with zero attached hydrogens (tertiary/aromatic N) is 1. The van der Waals surface area contributed by atoms with Crippen molar-refractivity contribution in [1.82, 2.24) is 4.90 Å². The highest BCUT2D eigenvalue weighted by Crippen LogP contribution is 2.24. The van der Waals surface area contributed by atoms with Gasteiger partial charge in [-0.05, 0) is 45.2 Å². The minimum atomic E-state index is 0.703. The molecule has 1 aliphatic rings. The van der Waals surface area contributed by atoms with Crippen molar-refractivity contribution in [3.63, 3.8) is 0 Å². The van der Waals surface area contributed by atoms with E-state index in [1.54, 1.807) is 0 Å². The molecule has 13 heavy (non-hydrogen) atoms. The summed E-state index contributed by atoms with van der Waals surface area (Å²) < 4.78 is 0. The van der Waals surface area contributed by atoms with Gasteiger partial charge in [0.25, 0.3) is 0 Å². The van der Waals surface area contributed by atoms with Crippen molar-refractivity contribution in [2.24, 2.45) is 17.4 Å². The largest absolute Gasteiger partial charge is 0.330 e. The fourth-order valence-corrected chi connectivity index (χ4v) is 2.31. The second-order valence-corrected chi connectivity index (χ2v) is 4.14. The van der Waals surface area contributed by atoms with Crippen molar-refractivity contribution < 1.29 is 0 Å². The molecular weight excluding hydrogens is 162 g/mol. The molecule has 78 valence electrons. The van der Waals surface area contributed by atoms with E-state index in [1.165, 1.54) is 25.8 Å². The van der Waals surface area contributed by atoms with Gasteiger partial charge >= 0.3 is 0 Å². The maximum Gasteiger partial charge on any atom is 0.0107 e. The Hall–Kier alpha value is -0.120. The van der Waals surface area contributed by atoms with Crippen LogP contribution in [-0.2, 0) is 0 Å². The quantitative estimate of drug-likeness (QED) is 0.666. The van der Waals surface area contributed by atoms with E-state index in [0.29, 0.717) is 6.04 Å². The van der Waals surface area contributed by atoms with Crippen LogP contribution in [0.15, 0.2) is 0 Å². The van der Waals surface area contributed by atoms with Gasteiger partial charge in [0.2, 0.25) is 0 Å². The molecule has 0 saturated carbocycles. The van der Waals surface area contributed by atoms with E-state index in [9.17, 15) is 0 Å². The molecule has 0 aliphatic carbocycles. The highest BCUT2D eigenvalue weighted by Gasteiger charge is 2.23. The number of piperidine rings is 1. The van der Waals surface area contributed by atoms with E-state index >= 15 is 0 Å².